The van der Waals surface area contributed by atoms with Crippen LogP contribution in [0.2, 0.25) is 0 Å². The molecule has 3 heteroatoms. The monoisotopic (exact) mass is 247 g/mol. The smallest absolute Gasteiger partial charge is 0.117 e. The second-order valence-corrected chi connectivity index (χ2v) is 4.54. The fourth-order valence-electron chi connectivity index (χ4n) is 0.847. The molecule has 0 aliphatic rings. The van der Waals surface area contributed by atoms with Crippen molar-refractivity contribution in [2.75, 3.05) is 5.33 Å². The molecule has 0 rings (SSSR count). The van der Waals surface area contributed by atoms with Crippen LogP contribution in [0.4, 0.5) is 0 Å². The molecule has 76 valence electrons. The van der Waals surface area contributed by atoms with E-state index in [9.17, 15) is 0 Å². The lowest BCUT2D eigenvalue weighted by Gasteiger charge is -2.28. The minimum Gasteiger partial charge on any atom is -0.469 e. The van der Waals surface area contributed by atoms with Crippen molar-refractivity contribution in [1.82, 2.24) is 0 Å². The van der Waals surface area contributed by atoms with Crippen LogP contribution in [0.25, 0.3) is 0 Å². The Hall–Kier alpha value is -0.280. The molecule has 0 fully saturated rings. The Balaban J connectivity index is 4.55. The Morgan fingerprint density at radius 3 is 2.46 bits per heavy atom. The maximum absolute atomic E-state index is 6.01. The summed E-state index contributed by atoms with van der Waals surface area (Å²) in [6.07, 6.45) is 3.32. The van der Waals surface area contributed by atoms with E-state index in [1.165, 1.54) is 6.26 Å². The largest absolute Gasteiger partial charge is 0.469 e. The number of rotatable bonds is 4. The summed E-state index contributed by atoms with van der Waals surface area (Å²) in [5.41, 5.74) is 6.00. The van der Waals surface area contributed by atoms with Gasteiger partial charge in [0.2, 0.25) is 0 Å². The molecule has 13 heavy (non-hydrogen) atoms. The lowest BCUT2D eigenvalue weighted by Crippen LogP contribution is -2.37. The molecule has 0 radical (unpaired) electrons. The first-order chi connectivity index (χ1) is 5.93. The summed E-state index contributed by atoms with van der Waals surface area (Å²) in [7, 11) is 0. The minimum atomic E-state index is -0.108. The third-order valence-electron chi connectivity index (χ3n) is 1.74. The first-order valence-corrected chi connectivity index (χ1v) is 5.34. The van der Waals surface area contributed by atoms with E-state index in [0.29, 0.717) is 0 Å². The van der Waals surface area contributed by atoms with Gasteiger partial charge >= 0.3 is 0 Å². The van der Waals surface area contributed by atoms with Crippen molar-refractivity contribution in [2.24, 2.45) is 11.1 Å². The number of hydrogen-bond donors (Lipinski definition) is 1. The first kappa shape index (κ1) is 12.7. The average molecular weight is 248 g/mol. The highest BCUT2D eigenvalue weighted by Crippen LogP contribution is 2.23. The molecule has 1 unspecified atom stereocenters. The number of allylic oxidation sites excluding steroid dienone is 1. The van der Waals surface area contributed by atoms with Gasteiger partial charge < -0.3 is 10.5 Å². The molecule has 0 amide bonds. The number of halogens is 1. The van der Waals surface area contributed by atoms with Crippen molar-refractivity contribution < 1.29 is 4.74 Å². The number of ether oxygens (including phenoxy) is 1. The minimum absolute atomic E-state index is 0.00296. The van der Waals surface area contributed by atoms with Gasteiger partial charge in [-0.1, -0.05) is 43.3 Å². The zero-order valence-corrected chi connectivity index (χ0v) is 10.1. The fraction of sp³-hybridized carbons (Fsp3) is 0.600. The Labute approximate surface area is 89.0 Å². The van der Waals surface area contributed by atoms with Crippen molar-refractivity contribution in [3.05, 3.63) is 24.7 Å². The Morgan fingerprint density at radius 2 is 2.15 bits per heavy atom. The number of nitrogens with two attached hydrogens (primary N) is 1. The van der Waals surface area contributed by atoms with Crippen molar-refractivity contribution in [2.45, 2.75) is 26.8 Å². The van der Waals surface area contributed by atoms with Gasteiger partial charge in [-0.2, -0.15) is 0 Å². The first-order valence-electron chi connectivity index (χ1n) is 4.22. The Kier molecular flexibility index (Phi) is 5.33. The van der Waals surface area contributed by atoms with E-state index in [2.05, 4.69) is 43.3 Å². The summed E-state index contributed by atoms with van der Waals surface area (Å²) >= 11 is 3.31. The van der Waals surface area contributed by atoms with Crippen LogP contribution in [0.15, 0.2) is 24.7 Å². The Bertz CT molecular complexity index is 194. The van der Waals surface area contributed by atoms with Crippen molar-refractivity contribution >= 4 is 15.9 Å². The molecule has 0 saturated carbocycles. The van der Waals surface area contributed by atoms with Crippen LogP contribution in [0, 0.1) is 5.41 Å². The van der Waals surface area contributed by atoms with Crippen LogP contribution in [-0.2, 0) is 4.74 Å². The molecule has 0 heterocycles. The summed E-state index contributed by atoms with van der Waals surface area (Å²) in [5, 5.41) is 0.736. The highest BCUT2D eigenvalue weighted by molar-refractivity contribution is 9.09. The van der Waals surface area contributed by atoms with Crippen LogP contribution in [-0.4, -0.2) is 11.4 Å². The van der Waals surface area contributed by atoms with Gasteiger partial charge in [0, 0.05) is 5.33 Å². The van der Waals surface area contributed by atoms with Crippen molar-refractivity contribution in [1.29, 1.82) is 0 Å². The lowest BCUT2D eigenvalue weighted by molar-refractivity contribution is 0.242. The molecule has 2 N–H and O–H groups in total. The highest BCUT2D eigenvalue weighted by atomic mass is 79.9. The molecule has 0 saturated heterocycles. The third-order valence-corrected chi connectivity index (χ3v) is 2.06. The molecule has 0 aromatic rings. The van der Waals surface area contributed by atoms with Crippen LogP contribution >= 0.6 is 15.9 Å². The summed E-state index contributed by atoms with van der Waals surface area (Å²) in [5.74, 6) is 0.763. The molecule has 0 aromatic carbocycles. The molecule has 0 aliphatic carbocycles. The van der Waals surface area contributed by atoms with Gasteiger partial charge in [-0.15, -0.1) is 0 Å². The van der Waals surface area contributed by atoms with Crippen LogP contribution in [0.1, 0.15) is 20.8 Å². The summed E-state index contributed by atoms with van der Waals surface area (Å²) in [4.78, 5) is 0. The second kappa shape index (κ2) is 5.45. The van der Waals surface area contributed by atoms with E-state index in [-0.39, 0.29) is 11.5 Å². The standard InChI is InChI=1S/C10H18BrNO/c1-5-13-8(6-7-11)9(12)10(2,3)4/h5-6,9H,1,7,12H2,2-4H3/b8-6-. The summed E-state index contributed by atoms with van der Waals surface area (Å²) in [6, 6.07) is -0.108. The topological polar surface area (TPSA) is 35.2 Å². The zero-order valence-electron chi connectivity index (χ0n) is 8.51. The summed E-state index contributed by atoms with van der Waals surface area (Å²) in [6.45, 7) is 9.74. The molecule has 2 nitrogen and oxygen atoms in total. The average Bonchev–Trinajstić information content (AvgIpc) is 2.01. The Morgan fingerprint density at radius 1 is 1.62 bits per heavy atom. The third kappa shape index (κ3) is 4.48. The molecule has 1 atom stereocenters. The highest BCUT2D eigenvalue weighted by Gasteiger charge is 2.24. The molecule has 0 spiro atoms. The molecule has 0 bridgehead atoms. The molecule has 0 aromatic heterocycles. The molecular formula is C10H18BrNO. The second-order valence-electron chi connectivity index (χ2n) is 3.89. The normalized spacial score (nSPS) is 15.3. The van der Waals surface area contributed by atoms with Gasteiger partial charge in [0.15, 0.2) is 0 Å². The molecular weight excluding hydrogens is 230 g/mol. The van der Waals surface area contributed by atoms with E-state index in [1.54, 1.807) is 0 Å². The fourth-order valence-corrected chi connectivity index (χ4v) is 1.17. The predicted molar refractivity (Wildman–Crippen MR) is 60.6 cm³/mol. The quantitative estimate of drug-likeness (QED) is 0.613. The van der Waals surface area contributed by atoms with E-state index in [0.717, 1.165) is 11.1 Å². The van der Waals surface area contributed by atoms with Crippen LogP contribution in [0.5, 0.6) is 0 Å². The SMILES string of the molecule is C=CO/C(=C\CBr)C(N)C(C)(C)C. The van der Waals surface area contributed by atoms with Gasteiger partial charge in [0.05, 0.1) is 12.3 Å². The van der Waals surface area contributed by atoms with Crippen LogP contribution in [0.3, 0.4) is 0 Å². The van der Waals surface area contributed by atoms with Gasteiger partial charge in [0.25, 0.3) is 0 Å². The van der Waals surface area contributed by atoms with Crippen molar-refractivity contribution in [3.8, 4) is 0 Å². The maximum atomic E-state index is 6.01. The van der Waals surface area contributed by atoms with Crippen molar-refractivity contribution in [3.63, 3.8) is 0 Å². The van der Waals surface area contributed by atoms with Gasteiger partial charge in [-0.25, -0.2) is 0 Å². The maximum Gasteiger partial charge on any atom is 0.117 e. The van der Waals surface area contributed by atoms with Gasteiger partial charge in [0.1, 0.15) is 5.76 Å². The number of hydrogen-bond acceptors (Lipinski definition) is 2. The van der Waals surface area contributed by atoms with Gasteiger partial charge in [-0.05, 0) is 11.5 Å². The lowest BCUT2D eigenvalue weighted by atomic mass is 9.86. The van der Waals surface area contributed by atoms with E-state index in [1.807, 2.05) is 6.08 Å². The zero-order chi connectivity index (χ0) is 10.5. The van der Waals surface area contributed by atoms with E-state index < -0.39 is 0 Å². The molecule has 0 aliphatic heterocycles. The predicted octanol–water partition coefficient (Wildman–Crippen LogP) is 2.80. The van der Waals surface area contributed by atoms with Gasteiger partial charge in [-0.3, -0.25) is 0 Å². The van der Waals surface area contributed by atoms with Crippen LogP contribution < -0.4 is 5.73 Å². The van der Waals surface area contributed by atoms with E-state index >= 15 is 0 Å². The van der Waals surface area contributed by atoms with E-state index in [4.69, 9.17) is 10.5 Å². The summed E-state index contributed by atoms with van der Waals surface area (Å²) < 4.78 is 5.24. The number of alkyl halides is 1.